The van der Waals surface area contributed by atoms with Crippen LogP contribution in [0.2, 0.25) is 0 Å². The maximum absolute atomic E-state index is 9.95. The SMILES string of the molecule is COc1ccc(C(C)NCCc2cscn2)c(O)c1. The van der Waals surface area contributed by atoms with Crippen molar-refractivity contribution in [1.29, 1.82) is 0 Å². The number of aromatic nitrogens is 1. The van der Waals surface area contributed by atoms with Gasteiger partial charge in [0.05, 0.1) is 18.3 Å². The van der Waals surface area contributed by atoms with Crippen molar-refractivity contribution < 1.29 is 9.84 Å². The smallest absolute Gasteiger partial charge is 0.124 e. The second-order valence-electron chi connectivity index (χ2n) is 4.33. The van der Waals surface area contributed by atoms with Crippen molar-refractivity contribution in [2.24, 2.45) is 0 Å². The first-order valence-electron chi connectivity index (χ1n) is 6.18. The molecule has 0 aliphatic rings. The molecule has 0 radical (unpaired) electrons. The lowest BCUT2D eigenvalue weighted by molar-refractivity contribution is 0.404. The van der Waals surface area contributed by atoms with E-state index in [4.69, 9.17) is 4.74 Å². The molecular weight excluding hydrogens is 260 g/mol. The monoisotopic (exact) mass is 278 g/mol. The highest BCUT2D eigenvalue weighted by atomic mass is 32.1. The summed E-state index contributed by atoms with van der Waals surface area (Å²) in [5, 5.41) is 15.4. The summed E-state index contributed by atoms with van der Waals surface area (Å²) < 4.78 is 5.07. The van der Waals surface area contributed by atoms with Gasteiger partial charge >= 0.3 is 0 Å². The van der Waals surface area contributed by atoms with Crippen LogP contribution in [0.4, 0.5) is 0 Å². The molecule has 0 bridgehead atoms. The van der Waals surface area contributed by atoms with Crippen LogP contribution in [-0.4, -0.2) is 23.7 Å². The van der Waals surface area contributed by atoms with Gasteiger partial charge in [-0.3, -0.25) is 0 Å². The molecule has 102 valence electrons. The van der Waals surface area contributed by atoms with Crippen molar-refractivity contribution in [1.82, 2.24) is 10.3 Å². The number of hydrogen-bond donors (Lipinski definition) is 2. The first-order valence-corrected chi connectivity index (χ1v) is 7.12. The van der Waals surface area contributed by atoms with Gasteiger partial charge in [-0.1, -0.05) is 6.07 Å². The number of benzene rings is 1. The van der Waals surface area contributed by atoms with Crippen LogP contribution in [0.25, 0.3) is 0 Å². The predicted molar refractivity (Wildman–Crippen MR) is 76.9 cm³/mol. The first-order chi connectivity index (χ1) is 9.20. The van der Waals surface area contributed by atoms with Gasteiger partial charge in [-0.15, -0.1) is 11.3 Å². The average Bonchev–Trinajstić information content (AvgIpc) is 2.91. The number of nitrogens with one attached hydrogen (secondary N) is 1. The lowest BCUT2D eigenvalue weighted by Gasteiger charge is -2.16. The summed E-state index contributed by atoms with van der Waals surface area (Å²) in [6.07, 6.45) is 0.894. The molecule has 0 saturated carbocycles. The summed E-state index contributed by atoms with van der Waals surface area (Å²) in [6.45, 7) is 2.86. The summed E-state index contributed by atoms with van der Waals surface area (Å²) in [7, 11) is 1.59. The predicted octanol–water partition coefficient (Wildman–Crippen LogP) is 2.75. The second kappa shape index (κ2) is 6.54. The zero-order valence-electron chi connectivity index (χ0n) is 11.1. The van der Waals surface area contributed by atoms with E-state index in [-0.39, 0.29) is 11.8 Å². The van der Waals surface area contributed by atoms with Crippen molar-refractivity contribution in [3.8, 4) is 11.5 Å². The standard InChI is InChI=1S/C14H18N2O2S/c1-10(15-6-5-11-8-19-9-16-11)13-4-3-12(18-2)7-14(13)17/h3-4,7-10,15,17H,5-6H2,1-2H3. The van der Waals surface area contributed by atoms with Crippen LogP contribution < -0.4 is 10.1 Å². The number of nitrogens with zero attached hydrogens (tertiary/aromatic N) is 1. The third-order valence-corrected chi connectivity index (χ3v) is 3.65. The fraction of sp³-hybridized carbons (Fsp3) is 0.357. The van der Waals surface area contributed by atoms with Gasteiger partial charge in [0.1, 0.15) is 11.5 Å². The maximum atomic E-state index is 9.95. The lowest BCUT2D eigenvalue weighted by atomic mass is 10.1. The van der Waals surface area contributed by atoms with Gasteiger partial charge in [-0.2, -0.15) is 0 Å². The van der Waals surface area contributed by atoms with Crippen LogP contribution in [0.15, 0.2) is 29.1 Å². The van der Waals surface area contributed by atoms with Crippen LogP contribution in [0.1, 0.15) is 24.2 Å². The zero-order chi connectivity index (χ0) is 13.7. The van der Waals surface area contributed by atoms with Crippen molar-refractivity contribution in [3.05, 3.63) is 40.3 Å². The van der Waals surface area contributed by atoms with Gasteiger partial charge in [0.2, 0.25) is 0 Å². The number of hydrogen-bond acceptors (Lipinski definition) is 5. The molecule has 0 fully saturated rings. The molecule has 1 aromatic heterocycles. The molecule has 2 aromatic rings. The Bertz CT molecular complexity index is 514. The molecule has 1 unspecified atom stereocenters. The molecule has 0 amide bonds. The zero-order valence-corrected chi connectivity index (χ0v) is 11.9. The largest absolute Gasteiger partial charge is 0.507 e. The quantitative estimate of drug-likeness (QED) is 0.853. The van der Waals surface area contributed by atoms with Crippen molar-refractivity contribution in [3.63, 3.8) is 0 Å². The fourth-order valence-electron chi connectivity index (χ4n) is 1.90. The van der Waals surface area contributed by atoms with Crippen LogP contribution in [0, 0.1) is 0 Å². The Morgan fingerprint density at radius 2 is 2.32 bits per heavy atom. The molecule has 0 spiro atoms. The summed E-state index contributed by atoms with van der Waals surface area (Å²) in [5.74, 6) is 0.920. The van der Waals surface area contributed by atoms with E-state index in [1.54, 1.807) is 24.5 Å². The summed E-state index contributed by atoms with van der Waals surface area (Å²) >= 11 is 1.61. The van der Waals surface area contributed by atoms with Crippen LogP contribution in [-0.2, 0) is 6.42 Å². The van der Waals surface area contributed by atoms with Gasteiger partial charge in [-0.05, 0) is 13.0 Å². The number of phenolic OH excluding ortho intramolecular Hbond substituents is 1. The van der Waals surface area contributed by atoms with Gasteiger partial charge in [0, 0.05) is 36.0 Å². The highest BCUT2D eigenvalue weighted by Gasteiger charge is 2.10. The number of thiazole rings is 1. The van der Waals surface area contributed by atoms with E-state index in [0.29, 0.717) is 5.75 Å². The molecule has 2 rings (SSSR count). The number of methoxy groups -OCH3 is 1. The van der Waals surface area contributed by atoms with E-state index < -0.39 is 0 Å². The molecule has 2 N–H and O–H groups in total. The number of ether oxygens (including phenoxy) is 1. The molecule has 19 heavy (non-hydrogen) atoms. The molecule has 0 aliphatic heterocycles. The topological polar surface area (TPSA) is 54.4 Å². The Morgan fingerprint density at radius 3 is 2.95 bits per heavy atom. The molecule has 1 aromatic carbocycles. The molecule has 4 nitrogen and oxygen atoms in total. The third-order valence-electron chi connectivity index (χ3n) is 3.02. The van der Waals surface area contributed by atoms with Crippen LogP contribution in [0.5, 0.6) is 11.5 Å². The lowest BCUT2D eigenvalue weighted by Crippen LogP contribution is -2.21. The number of rotatable bonds is 6. The van der Waals surface area contributed by atoms with Crippen LogP contribution >= 0.6 is 11.3 Å². The van der Waals surface area contributed by atoms with Crippen molar-refractivity contribution in [2.45, 2.75) is 19.4 Å². The number of aromatic hydroxyl groups is 1. The Labute approximate surface area is 117 Å². The van der Waals surface area contributed by atoms with Crippen LogP contribution in [0.3, 0.4) is 0 Å². The molecule has 5 heteroatoms. The molecule has 0 saturated heterocycles. The van der Waals surface area contributed by atoms with E-state index in [9.17, 15) is 5.11 Å². The average molecular weight is 278 g/mol. The summed E-state index contributed by atoms with van der Waals surface area (Å²) in [4.78, 5) is 4.24. The molecule has 1 heterocycles. The maximum Gasteiger partial charge on any atom is 0.124 e. The summed E-state index contributed by atoms with van der Waals surface area (Å²) in [5.41, 5.74) is 3.82. The second-order valence-corrected chi connectivity index (χ2v) is 5.05. The minimum Gasteiger partial charge on any atom is -0.507 e. The fourth-order valence-corrected chi connectivity index (χ4v) is 2.50. The Morgan fingerprint density at radius 1 is 1.47 bits per heavy atom. The minimum atomic E-state index is 0.0875. The molecule has 1 atom stereocenters. The van der Waals surface area contributed by atoms with E-state index in [1.165, 1.54) is 0 Å². The number of phenols is 1. The Balaban J connectivity index is 1.90. The van der Waals surface area contributed by atoms with Gasteiger partial charge in [0.25, 0.3) is 0 Å². The van der Waals surface area contributed by atoms with Crippen molar-refractivity contribution in [2.75, 3.05) is 13.7 Å². The van der Waals surface area contributed by atoms with E-state index >= 15 is 0 Å². The third kappa shape index (κ3) is 3.68. The van der Waals surface area contributed by atoms with Gasteiger partial charge in [-0.25, -0.2) is 4.98 Å². The van der Waals surface area contributed by atoms with Gasteiger partial charge < -0.3 is 15.2 Å². The van der Waals surface area contributed by atoms with Gasteiger partial charge in [0.15, 0.2) is 0 Å². The van der Waals surface area contributed by atoms with Crippen molar-refractivity contribution >= 4 is 11.3 Å². The summed E-state index contributed by atoms with van der Waals surface area (Å²) in [6, 6.07) is 5.46. The molecular formula is C14H18N2O2S. The minimum absolute atomic E-state index is 0.0875. The highest BCUT2D eigenvalue weighted by molar-refractivity contribution is 7.07. The Kier molecular flexibility index (Phi) is 4.76. The normalized spacial score (nSPS) is 12.3. The Hall–Kier alpha value is -1.59. The highest BCUT2D eigenvalue weighted by Crippen LogP contribution is 2.28. The first kappa shape index (κ1) is 13.8. The molecule has 0 aliphatic carbocycles. The van der Waals surface area contributed by atoms with E-state index in [0.717, 1.165) is 24.2 Å². The van der Waals surface area contributed by atoms with E-state index in [2.05, 4.69) is 15.7 Å². The van der Waals surface area contributed by atoms with E-state index in [1.807, 2.05) is 24.6 Å².